The lowest BCUT2D eigenvalue weighted by molar-refractivity contribution is -0.138. The van der Waals surface area contributed by atoms with Gasteiger partial charge in [0.05, 0.1) is 0 Å². The first-order chi connectivity index (χ1) is 8.90. The summed E-state index contributed by atoms with van der Waals surface area (Å²) >= 11 is 1.81. The maximum absolute atomic E-state index is 12.1. The van der Waals surface area contributed by atoms with Gasteiger partial charge in [-0.05, 0) is 32.9 Å². The van der Waals surface area contributed by atoms with Crippen LogP contribution in [0.3, 0.4) is 0 Å². The van der Waals surface area contributed by atoms with Gasteiger partial charge >= 0.3 is 12.0 Å². The third-order valence-electron chi connectivity index (χ3n) is 3.70. The summed E-state index contributed by atoms with van der Waals surface area (Å²) in [6.07, 6.45) is 6.73. The number of hydrogen-bond acceptors (Lipinski definition) is 3. The van der Waals surface area contributed by atoms with E-state index in [0.717, 1.165) is 12.8 Å². The zero-order chi connectivity index (χ0) is 14.5. The Morgan fingerprint density at radius 1 is 1.37 bits per heavy atom. The predicted molar refractivity (Wildman–Crippen MR) is 77.6 cm³/mol. The topological polar surface area (TPSA) is 69.6 Å². The Labute approximate surface area is 119 Å². The molecule has 0 heterocycles. The number of hydrogen-bond donors (Lipinski definition) is 2. The van der Waals surface area contributed by atoms with Gasteiger partial charge in [-0.3, -0.25) is 4.79 Å². The zero-order valence-electron chi connectivity index (χ0n) is 11.9. The van der Waals surface area contributed by atoms with E-state index < -0.39 is 5.97 Å². The third kappa shape index (κ3) is 4.60. The van der Waals surface area contributed by atoms with E-state index in [1.807, 2.05) is 13.8 Å². The summed E-state index contributed by atoms with van der Waals surface area (Å²) in [5.74, 6) is -0.982. The quantitative estimate of drug-likeness (QED) is 0.786. The number of carbonyl (C=O) groups excluding carboxylic acids is 1. The normalized spacial score (nSPS) is 17.5. The summed E-state index contributed by atoms with van der Waals surface area (Å²) in [5, 5.41) is 11.7. The molecule has 1 saturated carbocycles. The van der Waals surface area contributed by atoms with Crippen molar-refractivity contribution >= 4 is 23.8 Å². The molecule has 0 aromatic carbocycles. The number of thioether (sulfide) groups is 1. The molecule has 0 radical (unpaired) electrons. The highest BCUT2D eigenvalue weighted by Crippen LogP contribution is 2.39. The smallest absolute Gasteiger partial charge is 0.323 e. The minimum Gasteiger partial charge on any atom is -0.480 e. The average molecular weight is 288 g/mol. The minimum atomic E-state index is -0.982. The van der Waals surface area contributed by atoms with E-state index in [9.17, 15) is 9.59 Å². The monoisotopic (exact) mass is 288 g/mol. The van der Waals surface area contributed by atoms with Gasteiger partial charge < -0.3 is 15.3 Å². The third-order valence-corrected chi connectivity index (χ3v) is 5.12. The van der Waals surface area contributed by atoms with E-state index in [1.54, 1.807) is 11.8 Å². The summed E-state index contributed by atoms with van der Waals surface area (Å²) in [5.41, 5.74) is 0. The van der Waals surface area contributed by atoms with E-state index in [-0.39, 0.29) is 23.4 Å². The maximum atomic E-state index is 12.1. The van der Waals surface area contributed by atoms with Gasteiger partial charge in [-0.25, -0.2) is 4.79 Å². The van der Waals surface area contributed by atoms with Gasteiger partial charge in [-0.15, -0.1) is 0 Å². The Balaban J connectivity index is 2.54. The number of carboxylic acids is 1. The number of aliphatic carboxylic acids is 1. The van der Waals surface area contributed by atoms with Crippen molar-refractivity contribution in [1.29, 1.82) is 0 Å². The largest absolute Gasteiger partial charge is 0.480 e. The van der Waals surface area contributed by atoms with Crippen LogP contribution in [0.2, 0.25) is 0 Å². The van der Waals surface area contributed by atoms with Crippen molar-refractivity contribution in [1.82, 2.24) is 10.2 Å². The second kappa shape index (κ2) is 7.03. The molecule has 1 rings (SSSR count). The van der Waals surface area contributed by atoms with Gasteiger partial charge in [0.15, 0.2) is 0 Å². The van der Waals surface area contributed by atoms with Gasteiger partial charge in [-0.1, -0.05) is 12.8 Å². The van der Waals surface area contributed by atoms with E-state index >= 15 is 0 Å². The highest BCUT2D eigenvalue weighted by atomic mass is 32.2. The molecular weight excluding hydrogens is 264 g/mol. The van der Waals surface area contributed by atoms with Crippen LogP contribution in [0.5, 0.6) is 0 Å². The number of carboxylic acid groups (broad SMARTS) is 1. The lowest BCUT2D eigenvalue weighted by Gasteiger charge is -2.30. The molecule has 6 heteroatoms. The molecule has 0 bridgehead atoms. The zero-order valence-corrected chi connectivity index (χ0v) is 12.8. The molecule has 2 amide bonds. The molecule has 1 aliphatic carbocycles. The Morgan fingerprint density at radius 3 is 2.37 bits per heavy atom. The highest BCUT2D eigenvalue weighted by Gasteiger charge is 2.34. The van der Waals surface area contributed by atoms with Crippen molar-refractivity contribution in [2.45, 2.75) is 50.3 Å². The summed E-state index contributed by atoms with van der Waals surface area (Å²) in [6, 6.07) is -0.400. The molecule has 0 aliphatic heterocycles. The van der Waals surface area contributed by atoms with Crippen LogP contribution >= 0.6 is 11.8 Å². The molecule has 0 spiro atoms. The molecule has 110 valence electrons. The second-order valence-electron chi connectivity index (χ2n) is 5.37. The van der Waals surface area contributed by atoms with Crippen molar-refractivity contribution in [3.8, 4) is 0 Å². The first-order valence-electron chi connectivity index (χ1n) is 6.71. The molecule has 5 nitrogen and oxygen atoms in total. The predicted octanol–water partition coefficient (Wildman–Crippen LogP) is 2.17. The van der Waals surface area contributed by atoms with E-state index in [0.29, 0.717) is 6.54 Å². The Bertz CT molecular complexity index is 328. The van der Waals surface area contributed by atoms with Crippen molar-refractivity contribution < 1.29 is 14.7 Å². The lowest BCUT2D eigenvalue weighted by Crippen LogP contribution is -2.49. The number of urea groups is 1. The van der Waals surface area contributed by atoms with Crippen LogP contribution in [0.25, 0.3) is 0 Å². The summed E-state index contributed by atoms with van der Waals surface area (Å²) in [4.78, 5) is 24.2. The van der Waals surface area contributed by atoms with Gasteiger partial charge in [0.1, 0.15) is 6.54 Å². The van der Waals surface area contributed by atoms with E-state index in [1.165, 1.54) is 17.7 Å². The molecule has 0 atom stereocenters. The van der Waals surface area contributed by atoms with Gasteiger partial charge in [0, 0.05) is 17.3 Å². The van der Waals surface area contributed by atoms with Gasteiger partial charge in [-0.2, -0.15) is 11.8 Å². The van der Waals surface area contributed by atoms with Crippen LogP contribution in [-0.4, -0.2) is 52.1 Å². The maximum Gasteiger partial charge on any atom is 0.323 e. The molecule has 1 aliphatic rings. The minimum absolute atomic E-state index is 0.120. The second-order valence-corrected chi connectivity index (χ2v) is 6.64. The van der Waals surface area contributed by atoms with Crippen LogP contribution in [0.4, 0.5) is 4.79 Å². The van der Waals surface area contributed by atoms with Crippen LogP contribution in [0.1, 0.15) is 39.5 Å². The first-order valence-corrected chi connectivity index (χ1v) is 7.94. The fraction of sp³-hybridized carbons (Fsp3) is 0.846. The molecule has 0 saturated heterocycles. The van der Waals surface area contributed by atoms with E-state index in [4.69, 9.17) is 5.11 Å². The standard InChI is InChI=1S/C13H24N2O3S/c1-10(2)15(8-11(16)17)12(18)14-9-13(19-3)6-4-5-7-13/h10H,4-9H2,1-3H3,(H,14,18)(H,16,17). The Kier molecular flexibility index (Phi) is 5.97. The van der Waals surface area contributed by atoms with Crippen LogP contribution in [0, 0.1) is 0 Å². The molecule has 1 fully saturated rings. The molecule has 2 N–H and O–H groups in total. The SMILES string of the molecule is CSC1(CNC(=O)N(CC(=O)O)C(C)C)CCCC1. The fourth-order valence-corrected chi connectivity index (χ4v) is 3.36. The summed E-state index contributed by atoms with van der Waals surface area (Å²) in [6.45, 7) is 4.01. The van der Waals surface area contributed by atoms with E-state index in [2.05, 4.69) is 11.6 Å². The van der Waals surface area contributed by atoms with Crippen LogP contribution < -0.4 is 5.32 Å². The number of rotatable bonds is 6. The number of nitrogens with zero attached hydrogens (tertiary/aromatic N) is 1. The van der Waals surface area contributed by atoms with Gasteiger partial charge in [0.2, 0.25) is 0 Å². The number of nitrogens with one attached hydrogen (secondary N) is 1. The first kappa shape index (κ1) is 16.1. The highest BCUT2D eigenvalue weighted by molar-refractivity contribution is 8.00. The van der Waals surface area contributed by atoms with Crippen LogP contribution in [0.15, 0.2) is 0 Å². The van der Waals surface area contributed by atoms with Crippen molar-refractivity contribution in [3.05, 3.63) is 0 Å². The molecule has 19 heavy (non-hydrogen) atoms. The molecule has 0 aromatic rings. The fourth-order valence-electron chi connectivity index (χ4n) is 2.45. The average Bonchev–Trinajstić information content (AvgIpc) is 2.82. The van der Waals surface area contributed by atoms with Crippen molar-refractivity contribution in [2.24, 2.45) is 0 Å². The molecule has 0 unspecified atom stereocenters. The molecule has 0 aromatic heterocycles. The number of carbonyl (C=O) groups is 2. The summed E-state index contributed by atoms with van der Waals surface area (Å²) < 4.78 is 0.140. The summed E-state index contributed by atoms with van der Waals surface area (Å²) in [7, 11) is 0. The Hall–Kier alpha value is -0.910. The van der Waals surface area contributed by atoms with Gasteiger partial charge in [0.25, 0.3) is 0 Å². The lowest BCUT2D eigenvalue weighted by atomic mass is 10.1. The van der Waals surface area contributed by atoms with Crippen LogP contribution in [-0.2, 0) is 4.79 Å². The van der Waals surface area contributed by atoms with Crippen molar-refractivity contribution in [3.63, 3.8) is 0 Å². The van der Waals surface area contributed by atoms with Crippen molar-refractivity contribution in [2.75, 3.05) is 19.3 Å². The number of amides is 2. The Morgan fingerprint density at radius 2 is 1.95 bits per heavy atom. The molecular formula is C13H24N2O3S.